The maximum atomic E-state index is 5.27. The molecular weight excluding hydrogens is 214 g/mol. The largest absolute Gasteiger partial charge is 0.493 e. The molecule has 0 spiro atoms. The highest BCUT2D eigenvalue weighted by molar-refractivity contribution is 5.56. The van der Waals surface area contributed by atoms with Crippen molar-refractivity contribution in [2.75, 3.05) is 20.8 Å². The Kier molecular flexibility index (Phi) is 4.04. The van der Waals surface area contributed by atoms with Crippen LogP contribution in [-0.4, -0.2) is 26.8 Å². The average Bonchev–Trinajstić information content (AvgIpc) is 2.89. The van der Waals surface area contributed by atoms with Crippen LogP contribution >= 0.6 is 0 Å². The summed E-state index contributed by atoms with van der Waals surface area (Å²) < 4.78 is 10.5. The van der Waals surface area contributed by atoms with E-state index in [0.29, 0.717) is 6.04 Å². The van der Waals surface area contributed by atoms with E-state index in [1.807, 2.05) is 18.2 Å². The Morgan fingerprint density at radius 2 is 2.06 bits per heavy atom. The van der Waals surface area contributed by atoms with Gasteiger partial charge in [0.05, 0.1) is 14.2 Å². The molecule has 1 aliphatic heterocycles. The molecule has 1 fully saturated rings. The van der Waals surface area contributed by atoms with Crippen LogP contribution in [0.3, 0.4) is 0 Å². The molecule has 3 nitrogen and oxygen atoms in total. The minimum atomic E-state index is 0.517. The monoisotopic (exact) mass is 233 g/mol. The van der Waals surface area contributed by atoms with Crippen LogP contribution in [0.5, 0.6) is 11.5 Å². The number of nitrogens with one attached hydrogen (secondary N) is 1. The molecule has 1 saturated heterocycles. The van der Waals surface area contributed by atoms with Gasteiger partial charge in [-0.2, -0.15) is 0 Å². The van der Waals surface area contributed by atoms with Gasteiger partial charge < -0.3 is 14.8 Å². The summed E-state index contributed by atoms with van der Waals surface area (Å²) in [6.07, 6.45) is 6.84. The molecule has 1 aromatic carbocycles. The molecule has 0 aromatic heterocycles. The fourth-order valence-corrected chi connectivity index (χ4v) is 2.06. The van der Waals surface area contributed by atoms with E-state index in [0.717, 1.165) is 23.6 Å². The van der Waals surface area contributed by atoms with Crippen molar-refractivity contribution in [3.05, 3.63) is 29.8 Å². The Morgan fingerprint density at radius 1 is 1.24 bits per heavy atom. The molecule has 92 valence electrons. The van der Waals surface area contributed by atoms with Crippen molar-refractivity contribution in [3.63, 3.8) is 0 Å². The van der Waals surface area contributed by atoms with Gasteiger partial charge in [0.1, 0.15) is 0 Å². The SMILES string of the molecule is COc1ccc(/C=C/[C@H]2CCCN2)cc1OC. The zero-order valence-electron chi connectivity index (χ0n) is 10.4. The molecule has 17 heavy (non-hydrogen) atoms. The number of benzene rings is 1. The zero-order valence-corrected chi connectivity index (χ0v) is 10.4. The van der Waals surface area contributed by atoms with Crippen LogP contribution in [0.4, 0.5) is 0 Å². The Labute approximate surface area is 102 Å². The van der Waals surface area contributed by atoms with E-state index >= 15 is 0 Å². The van der Waals surface area contributed by atoms with E-state index in [2.05, 4.69) is 17.5 Å². The summed E-state index contributed by atoms with van der Waals surface area (Å²) >= 11 is 0. The van der Waals surface area contributed by atoms with E-state index in [-0.39, 0.29) is 0 Å². The second kappa shape index (κ2) is 5.73. The lowest BCUT2D eigenvalue weighted by molar-refractivity contribution is 0.355. The Hall–Kier alpha value is -1.48. The predicted molar refractivity (Wildman–Crippen MR) is 69.6 cm³/mol. The van der Waals surface area contributed by atoms with Gasteiger partial charge in [-0.15, -0.1) is 0 Å². The second-order valence-corrected chi connectivity index (χ2v) is 4.18. The molecule has 3 heteroatoms. The first kappa shape index (κ1) is 12.0. The van der Waals surface area contributed by atoms with Gasteiger partial charge in [-0.3, -0.25) is 0 Å². The highest BCUT2D eigenvalue weighted by Crippen LogP contribution is 2.28. The van der Waals surface area contributed by atoms with Crippen LogP contribution in [0.1, 0.15) is 18.4 Å². The Balaban J connectivity index is 2.10. The van der Waals surface area contributed by atoms with Gasteiger partial charge in [-0.25, -0.2) is 0 Å². The molecule has 0 amide bonds. The Bertz CT molecular complexity index is 395. The van der Waals surface area contributed by atoms with Gasteiger partial charge in [0, 0.05) is 6.04 Å². The first-order valence-corrected chi connectivity index (χ1v) is 5.97. The van der Waals surface area contributed by atoms with Gasteiger partial charge in [0.25, 0.3) is 0 Å². The van der Waals surface area contributed by atoms with Crippen molar-refractivity contribution in [2.24, 2.45) is 0 Å². The summed E-state index contributed by atoms with van der Waals surface area (Å²) in [7, 11) is 3.31. The maximum Gasteiger partial charge on any atom is 0.161 e. The van der Waals surface area contributed by atoms with E-state index in [9.17, 15) is 0 Å². The quantitative estimate of drug-likeness (QED) is 0.866. The van der Waals surface area contributed by atoms with Gasteiger partial charge in [0.15, 0.2) is 11.5 Å². The topological polar surface area (TPSA) is 30.5 Å². The van der Waals surface area contributed by atoms with Gasteiger partial charge >= 0.3 is 0 Å². The standard InChI is InChI=1S/C14H19NO2/c1-16-13-8-6-11(10-14(13)17-2)5-7-12-4-3-9-15-12/h5-8,10,12,15H,3-4,9H2,1-2H3/b7-5+/t12-/m1/s1. The van der Waals surface area contributed by atoms with E-state index in [1.165, 1.54) is 12.8 Å². The first-order valence-electron chi connectivity index (χ1n) is 5.97. The van der Waals surface area contributed by atoms with Crippen molar-refractivity contribution in [3.8, 4) is 11.5 Å². The molecule has 0 bridgehead atoms. The third-order valence-corrected chi connectivity index (χ3v) is 3.03. The third-order valence-electron chi connectivity index (χ3n) is 3.03. The van der Waals surface area contributed by atoms with Gasteiger partial charge in [0.2, 0.25) is 0 Å². The lowest BCUT2D eigenvalue weighted by atomic mass is 10.1. The molecule has 0 radical (unpaired) electrons. The van der Waals surface area contributed by atoms with Crippen LogP contribution in [0, 0.1) is 0 Å². The summed E-state index contributed by atoms with van der Waals surface area (Å²) in [5.41, 5.74) is 1.14. The minimum Gasteiger partial charge on any atom is -0.493 e. The molecule has 0 saturated carbocycles. The van der Waals surface area contributed by atoms with Crippen molar-refractivity contribution >= 4 is 6.08 Å². The number of rotatable bonds is 4. The lowest BCUT2D eigenvalue weighted by Crippen LogP contribution is -2.17. The van der Waals surface area contributed by atoms with Crippen molar-refractivity contribution in [2.45, 2.75) is 18.9 Å². The molecule has 1 aromatic rings. The number of methoxy groups -OCH3 is 2. The fraction of sp³-hybridized carbons (Fsp3) is 0.429. The van der Waals surface area contributed by atoms with Crippen LogP contribution in [0.25, 0.3) is 6.08 Å². The Morgan fingerprint density at radius 3 is 2.71 bits per heavy atom. The number of hydrogen-bond donors (Lipinski definition) is 1. The van der Waals surface area contributed by atoms with E-state index in [4.69, 9.17) is 9.47 Å². The van der Waals surface area contributed by atoms with Crippen LogP contribution in [-0.2, 0) is 0 Å². The smallest absolute Gasteiger partial charge is 0.161 e. The highest BCUT2D eigenvalue weighted by Gasteiger charge is 2.10. The summed E-state index contributed by atoms with van der Waals surface area (Å²) in [6.45, 7) is 1.13. The highest BCUT2D eigenvalue weighted by atomic mass is 16.5. The fourth-order valence-electron chi connectivity index (χ4n) is 2.06. The maximum absolute atomic E-state index is 5.27. The molecular formula is C14H19NO2. The summed E-state index contributed by atoms with van der Waals surface area (Å²) in [5, 5.41) is 3.44. The molecule has 1 N–H and O–H groups in total. The third kappa shape index (κ3) is 3.01. The molecule has 1 heterocycles. The molecule has 0 aliphatic carbocycles. The first-order chi connectivity index (χ1) is 8.33. The lowest BCUT2D eigenvalue weighted by Gasteiger charge is -2.08. The second-order valence-electron chi connectivity index (χ2n) is 4.18. The van der Waals surface area contributed by atoms with Gasteiger partial charge in [-0.1, -0.05) is 18.2 Å². The van der Waals surface area contributed by atoms with Gasteiger partial charge in [-0.05, 0) is 37.1 Å². The summed E-state index contributed by atoms with van der Waals surface area (Å²) in [4.78, 5) is 0. The van der Waals surface area contributed by atoms with Crippen molar-refractivity contribution in [1.29, 1.82) is 0 Å². The average molecular weight is 233 g/mol. The predicted octanol–water partition coefficient (Wildman–Crippen LogP) is 2.47. The molecule has 1 aliphatic rings. The number of hydrogen-bond acceptors (Lipinski definition) is 3. The van der Waals surface area contributed by atoms with E-state index < -0.39 is 0 Å². The summed E-state index contributed by atoms with van der Waals surface area (Å²) in [6, 6.07) is 6.47. The number of ether oxygens (including phenoxy) is 2. The zero-order chi connectivity index (χ0) is 12.1. The van der Waals surface area contributed by atoms with Crippen molar-refractivity contribution < 1.29 is 9.47 Å². The summed E-state index contributed by atoms with van der Waals surface area (Å²) in [5.74, 6) is 1.54. The van der Waals surface area contributed by atoms with E-state index in [1.54, 1.807) is 14.2 Å². The van der Waals surface area contributed by atoms with Crippen molar-refractivity contribution in [1.82, 2.24) is 5.32 Å². The normalized spacial score (nSPS) is 19.8. The van der Waals surface area contributed by atoms with Crippen LogP contribution in [0.15, 0.2) is 24.3 Å². The van der Waals surface area contributed by atoms with Crippen LogP contribution < -0.4 is 14.8 Å². The molecule has 2 rings (SSSR count). The minimum absolute atomic E-state index is 0.517. The molecule has 0 unspecified atom stereocenters. The molecule has 1 atom stereocenters. The van der Waals surface area contributed by atoms with Crippen LogP contribution in [0.2, 0.25) is 0 Å².